The molecule has 0 bridgehead atoms. The first-order chi connectivity index (χ1) is 12.4. The van der Waals surface area contributed by atoms with Crippen LogP contribution in [0.1, 0.15) is 23.0 Å². The average Bonchev–Trinajstić information content (AvgIpc) is 2.98. The maximum atomic E-state index is 12.5. The van der Waals surface area contributed by atoms with Gasteiger partial charge in [-0.2, -0.15) is 0 Å². The lowest BCUT2D eigenvalue weighted by atomic mass is 10.2. The van der Waals surface area contributed by atoms with E-state index in [1.54, 1.807) is 37.4 Å². The van der Waals surface area contributed by atoms with Crippen LogP contribution in [-0.2, 0) is 4.79 Å². The number of amides is 2. The Balaban J connectivity index is 1.64. The highest BCUT2D eigenvalue weighted by atomic mass is 32.1. The van der Waals surface area contributed by atoms with Crippen LogP contribution in [0.4, 0.5) is 11.4 Å². The smallest absolute Gasteiger partial charge is 0.271 e. The Hall–Kier alpha value is -3.20. The Kier molecular flexibility index (Phi) is 3.73. The second kappa shape index (κ2) is 5.95. The van der Waals surface area contributed by atoms with Crippen LogP contribution in [0.25, 0.3) is 4.96 Å². The summed E-state index contributed by atoms with van der Waals surface area (Å²) in [6.45, 7) is 3.43. The first-order valence-corrected chi connectivity index (χ1v) is 8.71. The monoisotopic (exact) mass is 370 g/mol. The number of benzene rings is 1. The molecule has 0 saturated carbocycles. The van der Waals surface area contributed by atoms with Crippen LogP contribution in [0.2, 0.25) is 0 Å². The molecular formula is C17H14N4O4S. The van der Waals surface area contributed by atoms with Gasteiger partial charge in [0.2, 0.25) is 0 Å². The molecule has 8 nitrogen and oxygen atoms in total. The summed E-state index contributed by atoms with van der Waals surface area (Å²) in [4.78, 5) is 41.5. The predicted octanol–water partition coefficient (Wildman–Crippen LogP) is 2.04. The quantitative estimate of drug-likeness (QED) is 0.719. The molecule has 2 aromatic heterocycles. The zero-order valence-corrected chi connectivity index (χ0v) is 14.7. The van der Waals surface area contributed by atoms with Crippen molar-refractivity contribution in [2.45, 2.75) is 20.0 Å². The number of aryl methyl sites for hydroxylation is 1. The molecule has 26 heavy (non-hydrogen) atoms. The minimum Gasteiger partial charge on any atom is -0.479 e. The van der Waals surface area contributed by atoms with E-state index in [2.05, 4.69) is 15.6 Å². The van der Waals surface area contributed by atoms with Crippen LogP contribution in [0.3, 0.4) is 0 Å². The number of rotatable bonds is 2. The van der Waals surface area contributed by atoms with E-state index in [1.807, 2.05) is 0 Å². The standard InChI is InChI=1S/C17H14N4O4S/c1-8-7-26-17-18-6-11(16(24)21(8)17)15(23)19-10-3-4-13-12(5-10)20-14(22)9(2)25-13/h3-7,9H,1-2H3,(H,19,23)(H,20,22)/t9-/m1/s1. The largest absolute Gasteiger partial charge is 0.479 e. The molecule has 1 aliphatic rings. The zero-order chi connectivity index (χ0) is 18.4. The number of nitrogens with zero attached hydrogens (tertiary/aromatic N) is 2. The summed E-state index contributed by atoms with van der Waals surface area (Å²) in [5.41, 5.74) is 1.13. The fraction of sp³-hybridized carbons (Fsp3) is 0.176. The van der Waals surface area contributed by atoms with E-state index in [4.69, 9.17) is 4.74 Å². The van der Waals surface area contributed by atoms with Gasteiger partial charge in [0.1, 0.15) is 11.3 Å². The summed E-state index contributed by atoms with van der Waals surface area (Å²) in [5, 5.41) is 7.17. The number of carbonyl (C=O) groups is 2. The molecule has 3 aromatic rings. The third kappa shape index (κ3) is 2.62. The van der Waals surface area contributed by atoms with E-state index in [0.29, 0.717) is 22.1 Å². The van der Waals surface area contributed by atoms with Crippen LogP contribution in [0, 0.1) is 6.92 Å². The molecule has 1 aromatic carbocycles. The summed E-state index contributed by atoms with van der Waals surface area (Å²) in [5.74, 6) is -0.312. The average molecular weight is 370 g/mol. The van der Waals surface area contributed by atoms with E-state index in [1.165, 1.54) is 21.9 Å². The number of nitrogens with one attached hydrogen (secondary N) is 2. The van der Waals surface area contributed by atoms with Gasteiger partial charge in [-0.05, 0) is 32.0 Å². The van der Waals surface area contributed by atoms with E-state index >= 15 is 0 Å². The number of aromatic nitrogens is 2. The van der Waals surface area contributed by atoms with Gasteiger partial charge in [-0.1, -0.05) is 0 Å². The van der Waals surface area contributed by atoms with Gasteiger partial charge in [0.25, 0.3) is 17.4 Å². The molecule has 9 heteroatoms. The van der Waals surface area contributed by atoms with E-state index in [0.717, 1.165) is 5.69 Å². The van der Waals surface area contributed by atoms with E-state index in [9.17, 15) is 14.4 Å². The van der Waals surface area contributed by atoms with Crippen LogP contribution in [-0.4, -0.2) is 27.3 Å². The van der Waals surface area contributed by atoms with Crippen molar-refractivity contribution in [2.24, 2.45) is 0 Å². The molecule has 0 radical (unpaired) electrons. The lowest BCUT2D eigenvalue weighted by molar-refractivity contribution is -0.122. The molecule has 132 valence electrons. The number of ether oxygens (including phenoxy) is 1. The number of hydrogen-bond acceptors (Lipinski definition) is 6. The van der Waals surface area contributed by atoms with Gasteiger partial charge in [-0.25, -0.2) is 4.98 Å². The number of thiazole rings is 1. The molecule has 2 N–H and O–H groups in total. The molecule has 0 fully saturated rings. The fourth-order valence-corrected chi connectivity index (χ4v) is 3.49. The lowest BCUT2D eigenvalue weighted by Crippen LogP contribution is -2.34. The summed E-state index contributed by atoms with van der Waals surface area (Å²) < 4.78 is 6.88. The van der Waals surface area contributed by atoms with Crippen LogP contribution < -0.4 is 20.9 Å². The number of anilines is 2. The molecule has 0 spiro atoms. The number of fused-ring (bicyclic) bond motifs is 2. The van der Waals surface area contributed by atoms with Gasteiger partial charge in [0, 0.05) is 23.0 Å². The summed E-state index contributed by atoms with van der Waals surface area (Å²) in [7, 11) is 0. The normalized spacial score (nSPS) is 15.9. The molecule has 0 saturated heterocycles. The van der Waals surface area contributed by atoms with Gasteiger partial charge < -0.3 is 15.4 Å². The highest BCUT2D eigenvalue weighted by Crippen LogP contribution is 2.32. The van der Waals surface area contributed by atoms with Crippen LogP contribution >= 0.6 is 11.3 Å². The van der Waals surface area contributed by atoms with Crippen LogP contribution in [0.15, 0.2) is 34.6 Å². The molecule has 1 aliphatic heterocycles. The molecule has 1 atom stereocenters. The Morgan fingerprint density at radius 2 is 2.19 bits per heavy atom. The first-order valence-electron chi connectivity index (χ1n) is 7.83. The third-order valence-corrected chi connectivity index (χ3v) is 4.99. The minimum absolute atomic E-state index is 0.0596. The van der Waals surface area contributed by atoms with E-state index < -0.39 is 17.6 Å². The van der Waals surface area contributed by atoms with Crippen molar-refractivity contribution in [3.8, 4) is 5.75 Å². The second-order valence-electron chi connectivity index (χ2n) is 5.89. The Labute approximate surface area is 151 Å². The molecule has 0 aliphatic carbocycles. The summed E-state index contributed by atoms with van der Waals surface area (Å²) in [6, 6.07) is 4.87. The SMILES string of the molecule is Cc1csc2ncc(C(=O)Nc3ccc4c(c3)NC(=O)[C@@H](C)O4)c(=O)n12. The predicted molar refractivity (Wildman–Crippen MR) is 97.2 cm³/mol. The van der Waals surface area contributed by atoms with Gasteiger partial charge in [-0.3, -0.25) is 18.8 Å². The van der Waals surface area contributed by atoms with E-state index in [-0.39, 0.29) is 11.5 Å². The van der Waals surface area contributed by atoms with Crippen molar-refractivity contribution >= 4 is 39.5 Å². The van der Waals surface area contributed by atoms with Gasteiger partial charge in [-0.15, -0.1) is 11.3 Å². The summed E-state index contributed by atoms with van der Waals surface area (Å²) >= 11 is 1.33. The molecule has 2 amide bonds. The maximum absolute atomic E-state index is 12.5. The highest BCUT2D eigenvalue weighted by Gasteiger charge is 2.24. The maximum Gasteiger partial charge on any atom is 0.271 e. The van der Waals surface area contributed by atoms with Crippen molar-refractivity contribution in [3.05, 3.63) is 51.4 Å². The topological polar surface area (TPSA) is 102 Å². The fourth-order valence-electron chi connectivity index (χ4n) is 2.67. The minimum atomic E-state index is -0.574. The Morgan fingerprint density at radius 1 is 1.38 bits per heavy atom. The van der Waals surface area contributed by atoms with Crippen molar-refractivity contribution < 1.29 is 14.3 Å². The van der Waals surface area contributed by atoms with Gasteiger partial charge in [0.15, 0.2) is 11.1 Å². The lowest BCUT2D eigenvalue weighted by Gasteiger charge is -2.23. The van der Waals surface area contributed by atoms with Crippen molar-refractivity contribution in [2.75, 3.05) is 10.6 Å². The van der Waals surface area contributed by atoms with Gasteiger partial charge in [0.05, 0.1) is 5.69 Å². The highest BCUT2D eigenvalue weighted by molar-refractivity contribution is 7.15. The Morgan fingerprint density at radius 3 is 3.00 bits per heavy atom. The van der Waals surface area contributed by atoms with Crippen molar-refractivity contribution in [1.82, 2.24) is 9.38 Å². The van der Waals surface area contributed by atoms with Gasteiger partial charge >= 0.3 is 0 Å². The Bertz CT molecular complexity index is 1120. The molecule has 3 heterocycles. The number of hydrogen-bond donors (Lipinski definition) is 2. The molecular weight excluding hydrogens is 356 g/mol. The number of carbonyl (C=O) groups excluding carboxylic acids is 2. The summed E-state index contributed by atoms with van der Waals surface area (Å²) in [6.07, 6.45) is 0.697. The first kappa shape index (κ1) is 16.3. The molecule has 4 rings (SSSR count). The third-order valence-electron chi connectivity index (χ3n) is 4.03. The van der Waals surface area contributed by atoms with Crippen LogP contribution in [0.5, 0.6) is 5.75 Å². The zero-order valence-electron chi connectivity index (χ0n) is 13.9. The van der Waals surface area contributed by atoms with Crippen molar-refractivity contribution in [3.63, 3.8) is 0 Å². The second-order valence-corrected chi connectivity index (χ2v) is 6.72. The van der Waals surface area contributed by atoms with Crippen molar-refractivity contribution in [1.29, 1.82) is 0 Å². The molecule has 0 unspecified atom stereocenters.